The van der Waals surface area contributed by atoms with Gasteiger partial charge in [-0.05, 0) is 32.3 Å². The van der Waals surface area contributed by atoms with Gasteiger partial charge in [-0.25, -0.2) is 14.6 Å². The molecule has 2 aromatic heterocycles. The highest BCUT2D eigenvalue weighted by atomic mass is 15.3. The highest BCUT2D eigenvalue weighted by molar-refractivity contribution is 5.42. The first kappa shape index (κ1) is 14.5. The van der Waals surface area contributed by atoms with E-state index in [1.54, 1.807) is 0 Å². The molecule has 2 aromatic rings. The molecule has 0 aliphatic rings. The fraction of sp³-hybridized carbons (Fsp3) is 0.533. The second kappa shape index (κ2) is 6.03. The van der Waals surface area contributed by atoms with Gasteiger partial charge in [0, 0.05) is 25.2 Å². The molecule has 0 spiro atoms. The fourth-order valence-corrected chi connectivity index (χ4v) is 2.46. The smallest absolute Gasteiger partial charge is 0.159 e. The first-order valence-electron chi connectivity index (χ1n) is 7.21. The van der Waals surface area contributed by atoms with Crippen molar-refractivity contribution >= 4 is 5.82 Å². The summed E-state index contributed by atoms with van der Waals surface area (Å²) in [5.74, 6) is 2.54. The quantitative estimate of drug-likeness (QED) is 0.910. The Kier molecular flexibility index (Phi) is 4.37. The fourth-order valence-electron chi connectivity index (χ4n) is 2.46. The van der Waals surface area contributed by atoms with Crippen LogP contribution in [0.1, 0.15) is 43.0 Å². The van der Waals surface area contributed by atoms with Gasteiger partial charge in [0.15, 0.2) is 5.82 Å². The minimum absolute atomic E-state index is 0.837. The van der Waals surface area contributed by atoms with E-state index in [2.05, 4.69) is 48.1 Å². The highest BCUT2D eigenvalue weighted by Crippen LogP contribution is 2.19. The zero-order chi connectivity index (χ0) is 14.7. The Hall–Kier alpha value is -1.91. The molecule has 20 heavy (non-hydrogen) atoms. The average molecular weight is 273 g/mol. The maximum absolute atomic E-state index is 4.64. The summed E-state index contributed by atoms with van der Waals surface area (Å²) in [5.41, 5.74) is 3.53. The predicted octanol–water partition coefficient (Wildman–Crippen LogP) is 2.84. The number of hydrogen-bond donors (Lipinski definition) is 1. The molecule has 0 unspecified atom stereocenters. The van der Waals surface area contributed by atoms with Crippen molar-refractivity contribution in [3.05, 3.63) is 28.8 Å². The standard InChI is InChI=1S/C15H23N5/c1-6-8-13-17-14(16-5)9-15(18-13)20-11(4)12(7-2)10(3)19-20/h9H,6-8H2,1-5H3,(H,16,17,18). The van der Waals surface area contributed by atoms with Gasteiger partial charge in [0.05, 0.1) is 5.69 Å². The number of hydrogen-bond acceptors (Lipinski definition) is 4. The van der Waals surface area contributed by atoms with Gasteiger partial charge in [0.1, 0.15) is 11.6 Å². The van der Waals surface area contributed by atoms with E-state index < -0.39 is 0 Å². The minimum atomic E-state index is 0.837. The summed E-state index contributed by atoms with van der Waals surface area (Å²) in [7, 11) is 1.88. The van der Waals surface area contributed by atoms with E-state index in [4.69, 9.17) is 0 Å². The lowest BCUT2D eigenvalue weighted by atomic mass is 10.1. The van der Waals surface area contributed by atoms with Crippen LogP contribution in [0.15, 0.2) is 6.07 Å². The van der Waals surface area contributed by atoms with Crippen molar-refractivity contribution in [2.45, 2.75) is 47.0 Å². The summed E-state index contributed by atoms with van der Waals surface area (Å²) in [6.07, 6.45) is 2.90. The van der Waals surface area contributed by atoms with Crippen LogP contribution >= 0.6 is 0 Å². The third kappa shape index (κ3) is 2.66. The zero-order valence-corrected chi connectivity index (χ0v) is 13.0. The predicted molar refractivity (Wildman–Crippen MR) is 81.5 cm³/mol. The Morgan fingerprint density at radius 2 is 1.95 bits per heavy atom. The Balaban J connectivity index is 2.54. The third-order valence-corrected chi connectivity index (χ3v) is 3.50. The van der Waals surface area contributed by atoms with Crippen molar-refractivity contribution in [1.82, 2.24) is 19.7 Å². The topological polar surface area (TPSA) is 55.6 Å². The van der Waals surface area contributed by atoms with Crippen LogP contribution in [0.25, 0.3) is 5.82 Å². The molecule has 0 atom stereocenters. The van der Waals surface area contributed by atoms with Gasteiger partial charge in [-0.2, -0.15) is 5.10 Å². The molecular formula is C15H23N5. The van der Waals surface area contributed by atoms with E-state index in [1.807, 2.05) is 17.8 Å². The van der Waals surface area contributed by atoms with Gasteiger partial charge in [-0.15, -0.1) is 0 Å². The van der Waals surface area contributed by atoms with Gasteiger partial charge >= 0.3 is 0 Å². The van der Waals surface area contributed by atoms with Gasteiger partial charge in [0.2, 0.25) is 0 Å². The largest absolute Gasteiger partial charge is 0.373 e. The Bertz CT molecular complexity index is 601. The van der Waals surface area contributed by atoms with Crippen LogP contribution in [0.4, 0.5) is 5.82 Å². The molecule has 0 aliphatic heterocycles. The van der Waals surface area contributed by atoms with Crippen LogP contribution in [0.5, 0.6) is 0 Å². The normalized spacial score (nSPS) is 10.8. The molecule has 5 nitrogen and oxygen atoms in total. The summed E-state index contributed by atoms with van der Waals surface area (Å²) in [4.78, 5) is 9.12. The number of nitrogens with one attached hydrogen (secondary N) is 1. The van der Waals surface area contributed by atoms with Crippen LogP contribution < -0.4 is 5.32 Å². The van der Waals surface area contributed by atoms with Crippen LogP contribution in [0.3, 0.4) is 0 Å². The summed E-state index contributed by atoms with van der Waals surface area (Å²) in [5, 5.41) is 7.73. The lowest BCUT2D eigenvalue weighted by Crippen LogP contribution is -2.08. The zero-order valence-electron chi connectivity index (χ0n) is 13.0. The monoisotopic (exact) mass is 273 g/mol. The minimum Gasteiger partial charge on any atom is -0.373 e. The van der Waals surface area contributed by atoms with Crippen molar-refractivity contribution in [1.29, 1.82) is 0 Å². The molecule has 0 radical (unpaired) electrons. The number of aromatic nitrogens is 4. The first-order chi connectivity index (χ1) is 9.60. The summed E-state index contributed by atoms with van der Waals surface area (Å²) in [6, 6.07) is 1.94. The molecule has 0 aromatic carbocycles. The molecule has 0 saturated carbocycles. The van der Waals surface area contributed by atoms with Gasteiger partial charge in [0.25, 0.3) is 0 Å². The molecule has 2 heterocycles. The average Bonchev–Trinajstić information content (AvgIpc) is 2.73. The van der Waals surface area contributed by atoms with Crippen LogP contribution in [-0.4, -0.2) is 26.8 Å². The second-order valence-electron chi connectivity index (χ2n) is 4.94. The molecule has 0 amide bonds. The lowest BCUT2D eigenvalue weighted by molar-refractivity contribution is 0.766. The number of anilines is 1. The molecule has 0 fully saturated rings. The van der Waals surface area contributed by atoms with Crippen LogP contribution in [0, 0.1) is 13.8 Å². The number of aryl methyl sites for hydroxylation is 2. The number of nitrogens with zero attached hydrogens (tertiary/aromatic N) is 4. The molecule has 0 aliphatic carbocycles. The van der Waals surface area contributed by atoms with E-state index in [0.29, 0.717) is 0 Å². The Labute approximate surface area is 120 Å². The second-order valence-corrected chi connectivity index (χ2v) is 4.94. The molecule has 108 valence electrons. The van der Waals surface area contributed by atoms with Crippen molar-refractivity contribution in [3.63, 3.8) is 0 Å². The summed E-state index contributed by atoms with van der Waals surface area (Å²) >= 11 is 0. The van der Waals surface area contributed by atoms with E-state index in [-0.39, 0.29) is 0 Å². The van der Waals surface area contributed by atoms with Crippen molar-refractivity contribution in [2.75, 3.05) is 12.4 Å². The van der Waals surface area contributed by atoms with E-state index in [0.717, 1.165) is 48.1 Å². The molecule has 0 bridgehead atoms. The van der Waals surface area contributed by atoms with Gasteiger partial charge < -0.3 is 5.32 Å². The molecule has 1 N–H and O–H groups in total. The van der Waals surface area contributed by atoms with E-state index in [9.17, 15) is 0 Å². The number of rotatable bonds is 5. The first-order valence-corrected chi connectivity index (χ1v) is 7.21. The maximum Gasteiger partial charge on any atom is 0.159 e. The van der Waals surface area contributed by atoms with Crippen molar-refractivity contribution in [3.8, 4) is 5.82 Å². The van der Waals surface area contributed by atoms with Gasteiger partial charge in [-0.3, -0.25) is 0 Å². The van der Waals surface area contributed by atoms with Crippen molar-refractivity contribution < 1.29 is 0 Å². The van der Waals surface area contributed by atoms with E-state index >= 15 is 0 Å². The Morgan fingerprint density at radius 1 is 1.20 bits per heavy atom. The summed E-state index contributed by atoms with van der Waals surface area (Å²) < 4.78 is 1.93. The van der Waals surface area contributed by atoms with Crippen molar-refractivity contribution in [2.24, 2.45) is 0 Å². The molecule has 2 rings (SSSR count). The maximum atomic E-state index is 4.64. The molecular weight excluding hydrogens is 250 g/mol. The van der Waals surface area contributed by atoms with Crippen LogP contribution in [0.2, 0.25) is 0 Å². The SMILES string of the molecule is CCCc1nc(NC)cc(-n2nc(C)c(CC)c2C)n1. The highest BCUT2D eigenvalue weighted by Gasteiger charge is 2.13. The molecule has 0 saturated heterocycles. The van der Waals surface area contributed by atoms with E-state index in [1.165, 1.54) is 5.56 Å². The van der Waals surface area contributed by atoms with Crippen LogP contribution in [-0.2, 0) is 12.8 Å². The summed E-state index contributed by atoms with van der Waals surface area (Å²) in [6.45, 7) is 8.44. The lowest BCUT2D eigenvalue weighted by Gasteiger charge is -2.09. The van der Waals surface area contributed by atoms with Gasteiger partial charge in [-0.1, -0.05) is 13.8 Å². The Morgan fingerprint density at radius 3 is 2.50 bits per heavy atom. The molecule has 5 heteroatoms. The third-order valence-electron chi connectivity index (χ3n) is 3.50.